The van der Waals surface area contributed by atoms with Crippen LogP contribution in [0.4, 0.5) is 0 Å². The van der Waals surface area contributed by atoms with E-state index in [1.165, 1.54) is 122 Å². The molecule has 0 aliphatic rings. The molecule has 0 amide bonds. The summed E-state index contributed by atoms with van der Waals surface area (Å²) in [6, 6.07) is 0. The smallest absolute Gasteiger partial charge is 0.303 e. The lowest BCUT2D eigenvalue weighted by Crippen LogP contribution is -1.93. The molecule has 0 heterocycles. The maximum absolute atomic E-state index is 10.4. The van der Waals surface area contributed by atoms with Gasteiger partial charge in [-0.05, 0) is 32.1 Å². The minimum absolute atomic E-state index is 0.343. The SMILES string of the molecule is CCCCCC/C=C\CCCCCCCCCCCCCCCCCC(=O)O. The minimum atomic E-state index is -0.652. The van der Waals surface area contributed by atoms with Crippen molar-refractivity contribution in [3.63, 3.8) is 0 Å². The van der Waals surface area contributed by atoms with Crippen molar-refractivity contribution in [2.75, 3.05) is 0 Å². The average Bonchev–Trinajstić information content (AvgIpc) is 2.68. The Bertz CT molecular complexity index is 335. The Hall–Kier alpha value is -0.790. The summed E-state index contributed by atoms with van der Waals surface area (Å²) < 4.78 is 0. The number of allylic oxidation sites excluding steroid dienone is 2. The van der Waals surface area contributed by atoms with Gasteiger partial charge in [0.15, 0.2) is 0 Å². The topological polar surface area (TPSA) is 37.3 Å². The first-order valence-corrected chi connectivity index (χ1v) is 12.6. The van der Waals surface area contributed by atoms with Gasteiger partial charge >= 0.3 is 5.97 Å². The number of carbonyl (C=O) groups is 1. The van der Waals surface area contributed by atoms with Gasteiger partial charge in [-0.1, -0.05) is 122 Å². The van der Waals surface area contributed by atoms with Crippen molar-refractivity contribution in [2.24, 2.45) is 0 Å². The van der Waals surface area contributed by atoms with E-state index in [1.54, 1.807) is 0 Å². The maximum atomic E-state index is 10.4. The second-order valence-electron chi connectivity index (χ2n) is 8.56. The Morgan fingerprint density at radius 3 is 1.21 bits per heavy atom. The van der Waals surface area contributed by atoms with Gasteiger partial charge in [0, 0.05) is 6.42 Å². The molecule has 166 valence electrons. The summed E-state index contributed by atoms with van der Waals surface area (Å²) in [7, 11) is 0. The molecule has 0 aliphatic carbocycles. The summed E-state index contributed by atoms with van der Waals surface area (Å²) in [6.07, 6.45) is 33.0. The molecule has 28 heavy (non-hydrogen) atoms. The van der Waals surface area contributed by atoms with Crippen molar-refractivity contribution in [3.05, 3.63) is 12.2 Å². The van der Waals surface area contributed by atoms with Gasteiger partial charge in [-0.3, -0.25) is 4.79 Å². The van der Waals surface area contributed by atoms with Crippen LogP contribution in [-0.4, -0.2) is 11.1 Å². The molecule has 0 fully saturated rings. The van der Waals surface area contributed by atoms with Crippen molar-refractivity contribution < 1.29 is 9.90 Å². The van der Waals surface area contributed by atoms with Crippen LogP contribution >= 0.6 is 0 Å². The van der Waals surface area contributed by atoms with E-state index in [0.717, 1.165) is 12.8 Å². The number of hydrogen-bond donors (Lipinski definition) is 1. The first-order valence-electron chi connectivity index (χ1n) is 12.6. The number of hydrogen-bond acceptors (Lipinski definition) is 1. The predicted octanol–water partition coefficient (Wildman–Crippen LogP) is 9.23. The van der Waals surface area contributed by atoms with Crippen LogP contribution in [0, 0.1) is 0 Å². The molecule has 2 heteroatoms. The third-order valence-corrected chi connectivity index (χ3v) is 5.65. The molecule has 2 nitrogen and oxygen atoms in total. The normalized spacial score (nSPS) is 11.5. The fourth-order valence-electron chi connectivity index (χ4n) is 3.76. The Kier molecular flexibility index (Phi) is 23.6. The lowest BCUT2D eigenvalue weighted by molar-refractivity contribution is -0.137. The molecule has 0 radical (unpaired) electrons. The molecule has 0 aromatic carbocycles. The van der Waals surface area contributed by atoms with Gasteiger partial charge in [-0.15, -0.1) is 0 Å². The molecule has 0 saturated heterocycles. The highest BCUT2D eigenvalue weighted by molar-refractivity contribution is 5.66. The summed E-state index contributed by atoms with van der Waals surface area (Å²) in [5.74, 6) is -0.652. The standard InChI is InChI=1S/C26H50O2/c1-2-3-4-5-6-7-8-9-10-11-12-13-14-15-16-17-18-19-20-21-22-23-24-25-26(27)28/h7-8H,2-6,9-25H2,1H3,(H,27,28)/b8-7-. The van der Waals surface area contributed by atoms with Gasteiger partial charge in [0.1, 0.15) is 0 Å². The van der Waals surface area contributed by atoms with E-state index in [2.05, 4.69) is 19.1 Å². The van der Waals surface area contributed by atoms with E-state index in [1.807, 2.05) is 0 Å². The molecular formula is C26H50O2. The van der Waals surface area contributed by atoms with Gasteiger partial charge in [-0.2, -0.15) is 0 Å². The van der Waals surface area contributed by atoms with Crippen molar-refractivity contribution in [1.29, 1.82) is 0 Å². The first kappa shape index (κ1) is 27.2. The number of carboxylic acids is 1. The van der Waals surface area contributed by atoms with E-state index in [4.69, 9.17) is 5.11 Å². The van der Waals surface area contributed by atoms with E-state index in [9.17, 15) is 4.79 Å². The zero-order chi connectivity index (χ0) is 20.5. The minimum Gasteiger partial charge on any atom is -0.481 e. The van der Waals surface area contributed by atoms with Gasteiger partial charge in [0.2, 0.25) is 0 Å². The Morgan fingerprint density at radius 1 is 0.536 bits per heavy atom. The maximum Gasteiger partial charge on any atom is 0.303 e. The van der Waals surface area contributed by atoms with Crippen LogP contribution in [0.2, 0.25) is 0 Å². The van der Waals surface area contributed by atoms with Crippen molar-refractivity contribution in [2.45, 2.75) is 148 Å². The van der Waals surface area contributed by atoms with E-state index >= 15 is 0 Å². The first-order chi connectivity index (χ1) is 13.8. The highest BCUT2D eigenvalue weighted by Gasteiger charge is 1.97. The second-order valence-corrected chi connectivity index (χ2v) is 8.56. The zero-order valence-corrected chi connectivity index (χ0v) is 19.1. The number of unbranched alkanes of at least 4 members (excludes halogenated alkanes) is 19. The molecule has 0 atom stereocenters. The van der Waals surface area contributed by atoms with E-state index < -0.39 is 5.97 Å². The highest BCUT2D eigenvalue weighted by Crippen LogP contribution is 2.14. The number of rotatable bonds is 23. The molecule has 0 bridgehead atoms. The molecule has 0 unspecified atom stereocenters. The van der Waals surface area contributed by atoms with E-state index in [0.29, 0.717) is 6.42 Å². The van der Waals surface area contributed by atoms with Gasteiger partial charge in [0.25, 0.3) is 0 Å². The van der Waals surface area contributed by atoms with Crippen molar-refractivity contribution in [1.82, 2.24) is 0 Å². The molecular weight excluding hydrogens is 344 g/mol. The quantitative estimate of drug-likeness (QED) is 0.138. The highest BCUT2D eigenvalue weighted by atomic mass is 16.4. The average molecular weight is 395 g/mol. The Morgan fingerprint density at radius 2 is 0.857 bits per heavy atom. The zero-order valence-electron chi connectivity index (χ0n) is 19.1. The van der Waals surface area contributed by atoms with Crippen molar-refractivity contribution in [3.8, 4) is 0 Å². The van der Waals surface area contributed by atoms with E-state index in [-0.39, 0.29) is 0 Å². The number of aliphatic carboxylic acids is 1. The van der Waals surface area contributed by atoms with Gasteiger partial charge < -0.3 is 5.11 Å². The van der Waals surface area contributed by atoms with Crippen LogP contribution in [0.25, 0.3) is 0 Å². The van der Waals surface area contributed by atoms with Crippen LogP contribution in [0.3, 0.4) is 0 Å². The molecule has 0 saturated carbocycles. The summed E-state index contributed by atoms with van der Waals surface area (Å²) in [6.45, 7) is 2.27. The second kappa shape index (κ2) is 24.2. The van der Waals surface area contributed by atoms with Crippen LogP contribution in [0.5, 0.6) is 0 Å². The molecule has 1 N–H and O–H groups in total. The molecule has 0 aromatic heterocycles. The van der Waals surface area contributed by atoms with Crippen molar-refractivity contribution >= 4 is 5.97 Å². The third kappa shape index (κ3) is 25.2. The lowest BCUT2D eigenvalue weighted by Gasteiger charge is -2.03. The Balaban J connectivity index is 3.05. The summed E-state index contributed by atoms with van der Waals surface area (Å²) in [5.41, 5.74) is 0. The summed E-state index contributed by atoms with van der Waals surface area (Å²) >= 11 is 0. The van der Waals surface area contributed by atoms with Gasteiger partial charge in [-0.25, -0.2) is 0 Å². The molecule has 0 aliphatic heterocycles. The predicted molar refractivity (Wildman–Crippen MR) is 124 cm³/mol. The molecule has 0 aromatic rings. The number of carboxylic acid groups (broad SMARTS) is 1. The molecule has 0 rings (SSSR count). The fraction of sp³-hybridized carbons (Fsp3) is 0.885. The summed E-state index contributed by atoms with van der Waals surface area (Å²) in [5, 5.41) is 8.58. The van der Waals surface area contributed by atoms with Crippen LogP contribution < -0.4 is 0 Å². The largest absolute Gasteiger partial charge is 0.481 e. The van der Waals surface area contributed by atoms with Crippen LogP contribution in [0.1, 0.15) is 148 Å². The Labute approximate surface area is 176 Å². The van der Waals surface area contributed by atoms with Crippen LogP contribution in [0.15, 0.2) is 12.2 Å². The summed E-state index contributed by atoms with van der Waals surface area (Å²) in [4.78, 5) is 10.4. The van der Waals surface area contributed by atoms with Gasteiger partial charge in [0.05, 0.1) is 0 Å². The lowest BCUT2D eigenvalue weighted by atomic mass is 10.0. The third-order valence-electron chi connectivity index (χ3n) is 5.65. The molecule has 0 spiro atoms. The monoisotopic (exact) mass is 394 g/mol. The van der Waals surface area contributed by atoms with Crippen LogP contribution in [-0.2, 0) is 4.79 Å². The fourth-order valence-corrected chi connectivity index (χ4v) is 3.76.